The highest BCUT2D eigenvalue weighted by Crippen LogP contribution is 2.27. The van der Waals surface area contributed by atoms with E-state index in [1.165, 1.54) is 6.07 Å². The number of nitrogens with one attached hydrogen (secondary N) is 1. The van der Waals surface area contributed by atoms with Gasteiger partial charge in [0.2, 0.25) is 0 Å². The van der Waals surface area contributed by atoms with E-state index < -0.39 is 4.92 Å². The smallest absolute Gasteiger partial charge is 0.293 e. The van der Waals surface area contributed by atoms with Crippen molar-refractivity contribution in [1.82, 2.24) is 0 Å². The molecule has 114 valence electrons. The summed E-state index contributed by atoms with van der Waals surface area (Å²) in [6.07, 6.45) is 0. The lowest BCUT2D eigenvalue weighted by molar-refractivity contribution is -0.384. The van der Waals surface area contributed by atoms with E-state index in [1.807, 2.05) is 30.3 Å². The van der Waals surface area contributed by atoms with Gasteiger partial charge in [0.15, 0.2) is 0 Å². The van der Waals surface area contributed by atoms with Crippen LogP contribution in [0.3, 0.4) is 0 Å². The number of carbonyl (C=O) groups is 1. The van der Waals surface area contributed by atoms with Crippen molar-refractivity contribution < 1.29 is 9.72 Å². The molecule has 5 nitrogen and oxygen atoms in total. The molecule has 1 amide bonds. The van der Waals surface area contributed by atoms with E-state index in [4.69, 9.17) is 0 Å². The minimum atomic E-state index is -0.494. The summed E-state index contributed by atoms with van der Waals surface area (Å²) in [5, 5.41) is 15.6. The largest absolute Gasteiger partial charge is 0.316 e. The zero-order valence-corrected chi connectivity index (χ0v) is 12.4. The van der Waals surface area contributed by atoms with Gasteiger partial charge in [-0.25, -0.2) is 0 Å². The Hall–Kier alpha value is -3.21. The second-order valence-electron chi connectivity index (χ2n) is 5.26. The first-order valence-electron chi connectivity index (χ1n) is 7.10. The monoisotopic (exact) mass is 306 g/mol. The molecule has 0 fully saturated rings. The molecular formula is C18H14N2O3. The molecule has 0 aliphatic heterocycles. The Kier molecular flexibility index (Phi) is 3.76. The topological polar surface area (TPSA) is 72.2 Å². The van der Waals surface area contributed by atoms with Crippen LogP contribution in [-0.4, -0.2) is 10.8 Å². The fraction of sp³-hybridized carbons (Fsp3) is 0.0556. The van der Waals surface area contributed by atoms with Crippen LogP contribution in [0.25, 0.3) is 10.8 Å². The molecule has 0 bridgehead atoms. The maximum atomic E-state index is 12.6. The summed E-state index contributed by atoms with van der Waals surface area (Å²) in [5.41, 5.74) is 1.33. The Morgan fingerprint density at radius 2 is 1.78 bits per heavy atom. The predicted octanol–water partition coefficient (Wildman–Crippen LogP) is 4.31. The van der Waals surface area contributed by atoms with E-state index in [-0.39, 0.29) is 17.3 Å². The fourth-order valence-electron chi connectivity index (χ4n) is 2.51. The highest BCUT2D eigenvalue weighted by atomic mass is 16.6. The predicted molar refractivity (Wildman–Crippen MR) is 89.7 cm³/mol. The number of rotatable bonds is 3. The first-order valence-corrected chi connectivity index (χ1v) is 7.10. The first kappa shape index (κ1) is 14.7. The molecule has 0 aliphatic rings. The summed E-state index contributed by atoms with van der Waals surface area (Å²) in [7, 11) is 0. The number of carbonyl (C=O) groups excluding carboxylic acids is 1. The molecule has 3 aromatic carbocycles. The lowest BCUT2D eigenvalue weighted by Crippen LogP contribution is -2.13. The van der Waals surface area contributed by atoms with Crippen LogP contribution in [0.4, 0.5) is 11.4 Å². The normalized spacial score (nSPS) is 10.5. The molecule has 5 heteroatoms. The number of hydrogen-bond acceptors (Lipinski definition) is 3. The Morgan fingerprint density at radius 1 is 1.04 bits per heavy atom. The van der Waals surface area contributed by atoms with Crippen LogP contribution < -0.4 is 5.32 Å². The van der Waals surface area contributed by atoms with Crippen molar-refractivity contribution in [2.24, 2.45) is 0 Å². The van der Waals surface area contributed by atoms with E-state index >= 15 is 0 Å². The summed E-state index contributed by atoms with van der Waals surface area (Å²) in [4.78, 5) is 23.2. The molecule has 0 aromatic heterocycles. The third-order valence-electron chi connectivity index (χ3n) is 3.63. The van der Waals surface area contributed by atoms with Crippen LogP contribution in [0.1, 0.15) is 15.9 Å². The van der Waals surface area contributed by atoms with Gasteiger partial charge < -0.3 is 5.32 Å². The quantitative estimate of drug-likeness (QED) is 0.579. The van der Waals surface area contributed by atoms with Crippen molar-refractivity contribution in [1.29, 1.82) is 0 Å². The molecule has 1 N–H and O–H groups in total. The SMILES string of the molecule is Cc1ccc(NC(=O)c2cccc3ccccc23)c([N+](=O)[O-])c1. The van der Waals surface area contributed by atoms with Crippen molar-refractivity contribution in [3.8, 4) is 0 Å². The minimum absolute atomic E-state index is 0.112. The fourth-order valence-corrected chi connectivity index (χ4v) is 2.51. The summed E-state index contributed by atoms with van der Waals surface area (Å²) in [6.45, 7) is 1.77. The van der Waals surface area contributed by atoms with Crippen LogP contribution in [0.5, 0.6) is 0 Å². The number of anilines is 1. The molecule has 0 aliphatic carbocycles. The van der Waals surface area contributed by atoms with Gasteiger partial charge in [0.25, 0.3) is 11.6 Å². The van der Waals surface area contributed by atoms with Crippen LogP contribution in [0.15, 0.2) is 60.7 Å². The summed E-state index contributed by atoms with van der Waals surface area (Å²) in [6, 6.07) is 17.7. The summed E-state index contributed by atoms with van der Waals surface area (Å²) < 4.78 is 0. The van der Waals surface area contributed by atoms with Crippen molar-refractivity contribution >= 4 is 28.1 Å². The van der Waals surface area contributed by atoms with Gasteiger partial charge in [-0.2, -0.15) is 0 Å². The standard InChI is InChI=1S/C18H14N2O3/c1-12-9-10-16(17(11-12)20(22)23)19-18(21)15-8-4-6-13-5-2-3-7-14(13)15/h2-11H,1H3,(H,19,21). The molecule has 0 unspecified atom stereocenters. The van der Waals surface area contributed by atoms with Gasteiger partial charge in [-0.3, -0.25) is 14.9 Å². The van der Waals surface area contributed by atoms with Gasteiger partial charge in [0.05, 0.1) is 4.92 Å². The molecule has 0 radical (unpaired) electrons. The number of nitrogens with zero attached hydrogens (tertiary/aromatic N) is 1. The highest BCUT2D eigenvalue weighted by Gasteiger charge is 2.17. The summed E-state index contributed by atoms with van der Waals surface area (Å²) in [5.74, 6) is -0.367. The van der Waals surface area contributed by atoms with E-state index in [9.17, 15) is 14.9 Å². The van der Waals surface area contributed by atoms with Crippen LogP contribution in [0, 0.1) is 17.0 Å². The second kappa shape index (κ2) is 5.88. The molecule has 0 heterocycles. The molecule has 3 aromatic rings. The minimum Gasteiger partial charge on any atom is -0.316 e. The van der Waals surface area contributed by atoms with E-state index in [2.05, 4.69) is 5.32 Å². The van der Waals surface area contributed by atoms with Crippen LogP contribution in [-0.2, 0) is 0 Å². The van der Waals surface area contributed by atoms with Gasteiger partial charge >= 0.3 is 0 Å². The number of benzene rings is 3. The molecule has 0 spiro atoms. The van der Waals surface area contributed by atoms with Crippen molar-refractivity contribution in [2.45, 2.75) is 6.92 Å². The number of aryl methyl sites for hydroxylation is 1. The van der Waals surface area contributed by atoms with Gasteiger partial charge in [-0.1, -0.05) is 42.5 Å². The van der Waals surface area contributed by atoms with Gasteiger partial charge in [0.1, 0.15) is 5.69 Å². The lowest BCUT2D eigenvalue weighted by atomic mass is 10.0. The van der Waals surface area contributed by atoms with Crippen LogP contribution in [0.2, 0.25) is 0 Å². The molecular weight excluding hydrogens is 292 g/mol. The first-order chi connectivity index (χ1) is 11.1. The van der Waals surface area contributed by atoms with E-state index in [0.717, 1.165) is 16.3 Å². The average Bonchev–Trinajstić information content (AvgIpc) is 2.55. The molecule has 0 atom stereocenters. The maximum absolute atomic E-state index is 12.6. The molecule has 0 saturated heterocycles. The lowest BCUT2D eigenvalue weighted by Gasteiger charge is -2.09. The highest BCUT2D eigenvalue weighted by molar-refractivity contribution is 6.13. The zero-order valence-electron chi connectivity index (χ0n) is 12.4. The Balaban J connectivity index is 2.00. The number of hydrogen-bond donors (Lipinski definition) is 1. The maximum Gasteiger partial charge on any atom is 0.293 e. The molecule has 23 heavy (non-hydrogen) atoms. The number of amides is 1. The van der Waals surface area contributed by atoms with Crippen molar-refractivity contribution in [2.75, 3.05) is 5.32 Å². The second-order valence-corrected chi connectivity index (χ2v) is 5.26. The average molecular weight is 306 g/mol. The number of fused-ring (bicyclic) bond motifs is 1. The van der Waals surface area contributed by atoms with Crippen LogP contribution >= 0.6 is 0 Å². The van der Waals surface area contributed by atoms with Gasteiger partial charge in [-0.05, 0) is 35.4 Å². The van der Waals surface area contributed by atoms with Gasteiger partial charge in [-0.15, -0.1) is 0 Å². The van der Waals surface area contributed by atoms with Crippen molar-refractivity contribution in [3.63, 3.8) is 0 Å². The Bertz CT molecular complexity index is 914. The van der Waals surface area contributed by atoms with E-state index in [1.54, 1.807) is 31.2 Å². The van der Waals surface area contributed by atoms with Gasteiger partial charge in [0, 0.05) is 11.6 Å². The third kappa shape index (κ3) is 2.89. The zero-order chi connectivity index (χ0) is 16.4. The van der Waals surface area contributed by atoms with E-state index in [0.29, 0.717) is 5.56 Å². The molecule has 0 saturated carbocycles. The molecule has 3 rings (SSSR count). The Labute approximate surface area is 132 Å². The van der Waals surface area contributed by atoms with Crippen molar-refractivity contribution in [3.05, 3.63) is 81.9 Å². The third-order valence-corrected chi connectivity index (χ3v) is 3.63. The number of nitro benzene ring substituents is 1. The Morgan fingerprint density at radius 3 is 2.57 bits per heavy atom. The number of nitro groups is 1. The summed E-state index contributed by atoms with van der Waals surface area (Å²) >= 11 is 0.